The number of hydrogen-bond acceptors (Lipinski definition) is 4. The molecular weight excluding hydrogens is 228 g/mol. The van der Waals surface area contributed by atoms with Crippen molar-refractivity contribution in [1.82, 2.24) is 10.3 Å². The molecule has 102 valence electrons. The van der Waals surface area contributed by atoms with Crippen molar-refractivity contribution in [3.8, 4) is 0 Å². The molecule has 1 atom stereocenters. The minimum atomic E-state index is 0.415. The van der Waals surface area contributed by atoms with Crippen LogP contribution in [0.4, 0.5) is 0 Å². The maximum Gasteiger partial charge on any atom is 0.194 e. The molecule has 1 aliphatic rings. The van der Waals surface area contributed by atoms with Crippen LogP contribution in [0.1, 0.15) is 44.3 Å². The minimum Gasteiger partial charge on any atom is -0.445 e. The van der Waals surface area contributed by atoms with Crippen LogP contribution in [-0.2, 0) is 11.2 Å². The predicted molar refractivity (Wildman–Crippen MR) is 70.7 cm³/mol. The highest BCUT2D eigenvalue weighted by Gasteiger charge is 2.48. The van der Waals surface area contributed by atoms with Gasteiger partial charge in [0.25, 0.3) is 0 Å². The zero-order chi connectivity index (χ0) is 13.0. The standard InChI is InChI=1S/C14H24N2O2/c1-14(2)9-11(14)12-10-16-13(18-12)5-4-6-15-7-8-17-3/h10-11,15H,4-9H2,1-3H3. The molecule has 4 heteroatoms. The number of ether oxygens (including phenoxy) is 1. The van der Waals surface area contributed by atoms with Gasteiger partial charge in [0.05, 0.1) is 12.8 Å². The van der Waals surface area contributed by atoms with E-state index in [1.807, 2.05) is 6.20 Å². The molecule has 1 heterocycles. The van der Waals surface area contributed by atoms with Crippen LogP contribution in [0.25, 0.3) is 0 Å². The van der Waals surface area contributed by atoms with Crippen molar-refractivity contribution < 1.29 is 9.15 Å². The molecule has 0 aliphatic heterocycles. The summed E-state index contributed by atoms with van der Waals surface area (Å²) in [4.78, 5) is 4.36. The Labute approximate surface area is 109 Å². The molecule has 1 unspecified atom stereocenters. The summed E-state index contributed by atoms with van der Waals surface area (Å²) in [6.45, 7) is 7.21. The van der Waals surface area contributed by atoms with Crippen LogP contribution in [0.5, 0.6) is 0 Å². The van der Waals surface area contributed by atoms with Gasteiger partial charge in [-0.05, 0) is 24.8 Å². The third-order valence-electron chi connectivity index (χ3n) is 3.66. The van der Waals surface area contributed by atoms with Crippen LogP contribution in [0.15, 0.2) is 10.6 Å². The molecule has 1 fully saturated rings. The number of nitrogens with zero attached hydrogens (tertiary/aromatic N) is 1. The molecule has 18 heavy (non-hydrogen) atoms. The molecule has 1 aromatic rings. The monoisotopic (exact) mass is 252 g/mol. The summed E-state index contributed by atoms with van der Waals surface area (Å²) in [5.41, 5.74) is 0.415. The van der Waals surface area contributed by atoms with Gasteiger partial charge in [-0.25, -0.2) is 4.98 Å². The molecule has 1 N–H and O–H groups in total. The molecule has 1 aliphatic carbocycles. The normalized spacial score (nSPS) is 21.2. The van der Waals surface area contributed by atoms with E-state index < -0.39 is 0 Å². The van der Waals surface area contributed by atoms with Gasteiger partial charge in [-0.3, -0.25) is 0 Å². The topological polar surface area (TPSA) is 47.3 Å². The van der Waals surface area contributed by atoms with E-state index in [0.717, 1.165) is 44.2 Å². The fraction of sp³-hybridized carbons (Fsp3) is 0.786. The number of nitrogens with one attached hydrogen (secondary N) is 1. The number of methoxy groups -OCH3 is 1. The van der Waals surface area contributed by atoms with E-state index in [9.17, 15) is 0 Å². The summed E-state index contributed by atoms with van der Waals surface area (Å²) in [7, 11) is 1.72. The largest absolute Gasteiger partial charge is 0.445 e. The average Bonchev–Trinajstić information content (AvgIpc) is 2.77. The van der Waals surface area contributed by atoms with Crippen molar-refractivity contribution in [3.63, 3.8) is 0 Å². The maximum atomic E-state index is 5.81. The van der Waals surface area contributed by atoms with E-state index in [4.69, 9.17) is 9.15 Å². The summed E-state index contributed by atoms with van der Waals surface area (Å²) < 4.78 is 10.8. The van der Waals surface area contributed by atoms with E-state index in [2.05, 4.69) is 24.1 Å². The van der Waals surface area contributed by atoms with Crippen LogP contribution in [-0.4, -0.2) is 31.8 Å². The first-order valence-electron chi connectivity index (χ1n) is 6.78. The van der Waals surface area contributed by atoms with Gasteiger partial charge in [0.2, 0.25) is 0 Å². The second-order valence-electron chi connectivity index (χ2n) is 5.75. The lowest BCUT2D eigenvalue weighted by molar-refractivity contribution is 0.199. The molecule has 0 saturated heterocycles. The molecule has 0 spiro atoms. The number of rotatable bonds is 8. The van der Waals surface area contributed by atoms with Gasteiger partial charge in [0.1, 0.15) is 5.76 Å². The van der Waals surface area contributed by atoms with Gasteiger partial charge in [-0.1, -0.05) is 13.8 Å². The molecule has 0 aromatic carbocycles. The first-order chi connectivity index (χ1) is 8.63. The molecule has 1 aromatic heterocycles. The van der Waals surface area contributed by atoms with E-state index >= 15 is 0 Å². The fourth-order valence-corrected chi connectivity index (χ4v) is 2.22. The first kappa shape index (κ1) is 13.6. The summed E-state index contributed by atoms with van der Waals surface area (Å²) in [6, 6.07) is 0. The Morgan fingerprint density at radius 3 is 2.94 bits per heavy atom. The number of hydrogen-bond donors (Lipinski definition) is 1. The highest BCUT2D eigenvalue weighted by atomic mass is 16.5. The highest BCUT2D eigenvalue weighted by molar-refractivity contribution is 5.17. The molecule has 4 nitrogen and oxygen atoms in total. The van der Waals surface area contributed by atoms with Crippen molar-refractivity contribution >= 4 is 0 Å². The molecule has 0 radical (unpaired) electrons. The van der Waals surface area contributed by atoms with Gasteiger partial charge in [-0.15, -0.1) is 0 Å². The number of oxazole rings is 1. The Bertz CT molecular complexity index is 374. The van der Waals surface area contributed by atoms with E-state index in [1.165, 1.54) is 6.42 Å². The van der Waals surface area contributed by atoms with Crippen molar-refractivity contribution in [2.75, 3.05) is 26.8 Å². The zero-order valence-electron chi connectivity index (χ0n) is 11.7. The lowest BCUT2D eigenvalue weighted by Crippen LogP contribution is -2.20. The van der Waals surface area contributed by atoms with Crippen LogP contribution in [0, 0.1) is 5.41 Å². The fourth-order valence-electron chi connectivity index (χ4n) is 2.22. The van der Waals surface area contributed by atoms with Crippen LogP contribution < -0.4 is 5.32 Å². The van der Waals surface area contributed by atoms with E-state index in [1.54, 1.807) is 7.11 Å². The third kappa shape index (κ3) is 3.56. The average molecular weight is 252 g/mol. The van der Waals surface area contributed by atoms with Crippen molar-refractivity contribution in [2.45, 2.75) is 39.0 Å². The Hall–Kier alpha value is -0.870. The Morgan fingerprint density at radius 2 is 2.28 bits per heavy atom. The molecular formula is C14H24N2O2. The van der Waals surface area contributed by atoms with Crippen molar-refractivity contribution in [3.05, 3.63) is 17.8 Å². The molecule has 2 rings (SSSR count). The lowest BCUT2D eigenvalue weighted by Gasteiger charge is -2.02. The van der Waals surface area contributed by atoms with Crippen molar-refractivity contribution in [2.24, 2.45) is 5.41 Å². The quantitative estimate of drug-likeness (QED) is 0.721. The first-order valence-corrected chi connectivity index (χ1v) is 6.78. The van der Waals surface area contributed by atoms with Gasteiger partial charge < -0.3 is 14.5 Å². The lowest BCUT2D eigenvalue weighted by atomic mass is 10.1. The number of aryl methyl sites for hydroxylation is 1. The summed E-state index contributed by atoms with van der Waals surface area (Å²) in [5.74, 6) is 2.53. The maximum absolute atomic E-state index is 5.81. The third-order valence-corrected chi connectivity index (χ3v) is 3.66. The second-order valence-corrected chi connectivity index (χ2v) is 5.75. The van der Waals surface area contributed by atoms with Crippen LogP contribution in [0.2, 0.25) is 0 Å². The number of aromatic nitrogens is 1. The molecule has 0 bridgehead atoms. The molecule has 0 amide bonds. The SMILES string of the molecule is COCCNCCCc1ncc(C2CC2(C)C)o1. The summed E-state index contributed by atoms with van der Waals surface area (Å²) in [6.07, 6.45) is 5.10. The smallest absolute Gasteiger partial charge is 0.194 e. The van der Waals surface area contributed by atoms with E-state index in [-0.39, 0.29) is 0 Å². The van der Waals surface area contributed by atoms with Crippen LogP contribution >= 0.6 is 0 Å². The second kappa shape index (κ2) is 5.85. The Kier molecular flexibility index (Phi) is 4.40. The van der Waals surface area contributed by atoms with Crippen LogP contribution in [0.3, 0.4) is 0 Å². The Morgan fingerprint density at radius 1 is 1.50 bits per heavy atom. The van der Waals surface area contributed by atoms with Gasteiger partial charge in [-0.2, -0.15) is 0 Å². The predicted octanol–water partition coefficient (Wildman–Crippen LogP) is 2.36. The minimum absolute atomic E-state index is 0.415. The molecule has 1 saturated carbocycles. The van der Waals surface area contributed by atoms with E-state index in [0.29, 0.717) is 11.3 Å². The van der Waals surface area contributed by atoms with Crippen molar-refractivity contribution in [1.29, 1.82) is 0 Å². The summed E-state index contributed by atoms with van der Waals surface area (Å²) >= 11 is 0. The highest BCUT2D eigenvalue weighted by Crippen LogP contribution is 2.58. The van der Waals surface area contributed by atoms with Gasteiger partial charge >= 0.3 is 0 Å². The van der Waals surface area contributed by atoms with Gasteiger partial charge in [0.15, 0.2) is 5.89 Å². The summed E-state index contributed by atoms with van der Waals surface area (Å²) in [5, 5.41) is 3.32. The Balaban J connectivity index is 1.65. The van der Waals surface area contributed by atoms with Gasteiger partial charge in [0, 0.05) is 26.0 Å². The zero-order valence-corrected chi connectivity index (χ0v) is 11.7.